The Balaban J connectivity index is 1.94. The second-order valence-corrected chi connectivity index (χ2v) is 9.07. The largest absolute Gasteiger partial charge is 0.0622 e. The van der Waals surface area contributed by atoms with E-state index in [9.17, 15) is 0 Å². The summed E-state index contributed by atoms with van der Waals surface area (Å²) in [6.45, 7) is 9.63. The van der Waals surface area contributed by atoms with Crippen LogP contribution in [0.4, 0.5) is 0 Å². The maximum Gasteiger partial charge on any atom is -0.00975 e. The van der Waals surface area contributed by atoms with E-state index in [-0.39, 0.29) is 10.8 Å². The van der Waals surface area contributed by atoms with Crippen molar-refractivity contribution in [1.29, 1.82) is 0 Å². The fourth-order valence-electron chi connectivity index (χ4n) is 4.29. The summed E-state index contributed by atoms with van der Waals surface area (Å²) in [7, 11) is 0. The van der Waals surface area contributed by atoms with E-state index in [0.717, 1.165) is 12.8 Å². The van der Waals surface area contributed by atoms with Gasteiger partial charge in [0.05, 0.1) is 0 Å². The number of rotatable bonds is 7. The lowest BCUT2D eigenvalue weighted by Crippen LogP contribution is -2.31. The highest BCUT2D eigenvalue weighted by Crippen LogP contribution is 2.46. The van der Waals surface area contributed by atoms with E-state index in [1.54, 1.807) is 0 Å². The van der Waals surface area contributed by atoms with Crippen molar-refractivity contribution in [2.75, 3.05) is 0 Å². The third kappa shape index (κ3) is 4.89. The number of hydrogen-bond acceptors (Lipinski definition) is 0. The minimum Gasteiger partial charge on any atom is -0.0622 e. The Bertz CT molecular complexity index is 814. The molecule has 3 aromatic rings. The van der Waals surface area contributed by atoms with Gasteiger partial charge in [0.25, 0.3) is 0 Å². The van der Waals surface area contributed by atoms with Gasteiger partial charge in [0.15, 0.2) is 0 Å². The highest BCUT2D eigenvalue weighted by atomic mass is 14.4. The smallest absolute Gasteiger partial charge is 0.00975 e. The van der Waals surface area contributed by atoms with E-state index in [4.69, 9.17) is 0 Å². The molecule has 0 bridgehead atoms. The van der Waals surface area contributed by atoms with Crippen LogP contribution in [0.5, 0.6) is 0 Å². The van der Waals surface area contributed by atoms with Gasteiger partial charge in [-0.3, -0.25) is 0 Å². The fraction of sp³-hybridized carbons (Fsp3) is 0.333. The predicted molar refractivity (Wildman–Crippen MR) is 117 cm³/mol. The Labute approximate surface area is 165 Å². The second kappa shape index (κ2) is 8.13. The first-order valence-electron chi connectivity index (χ1n) is 10.0. The minimum atomic E-state index is 0.121. The van der Waals surface area contributed by atoms with Gasteiger partial charge in [-0.1, -0.05) is 119 Å². The van der Waals surface area contributed by atoms with E-state index in [2.05, 4.69) is 119 Å². The zero-order chi connectivity index (χ0) is 19.3. The van der Waals surface area contributed by atoms with Crippen LogP contribution in [0.25, 0.3) is 0 Å². The third-order valence-electron chi connectivity index (χ3n) is 5.92. The molecule has 0 saturated carbocycles. The summed E-state index contributed by atoms with van der Waals surface area (Å²) in [6, 6.07) is 33.0. The molecule has 3 rings (SSSR count). The molecule has 0 nitrogen and oxygen atoms in total. The van der Waals surface area contributed by atoms with Crippen LogP contribution in [-0.4, -0.2) is 0 Å². The molecule has 0 heteroatoms. The van der Waals surface area contributed by atoms with Crippen LogP contribution in [0.2, 0.25) is 0 Å². The van der Waals surface area contributed by atoms with E-state index in [1.165, 1.54) is 16.7 Å². The molecule has 3 aromatic carbocycles. The van der Waals surface area contributed by atoms with Crippen molar-refractivity contribution >= 4 is 0 Å². The molecule has 140 valence electrons. The maximum absolute atomic E-state index is 2.43. The quantitative estimate of drug-likeness (QED) is 0.413. The van der Waals surface area contributed by atoms with Crippen LogP contribution in [0.1, 0.15) is 56.7 Å². The van der Waals surface area contributed by atoms with Crippen LogP contribution in [0, 0.1) is 5.41 Å². The van der Waals surface area contributed by atoms with Gasteiger partial charge in [-0.2, -0.15) is 0 Å². The van der Waals surface area contributed by atoms with Crippen LogP contribution in [0.3, 0.4) is 0 Å². The van der Waals surface area contributed by atoms with Crippen molar-refractivity contribution in [3.63, 3.8) is 0 Å². The molecule has 0 fully saturated rings. The predicted octanol–water partition coefficient (Wildman–Crippen LogP) is 7.41. The van der Waals surface area contributed by atoms with Gasteiger partial charge in [-0.25, -0.2) is 0 Å². The molecule has 1 atom stereocenters. The van der Waals surface area contributed by atoms with Crippen molar-refractivity contribution in [2.45, 2.75) is 51.9 Å². The van der Waals surface area contributed by atoms with E-state index >= 15 is 0 Å². The molecule has 27 heavy (non-hydrogen) atoms. The Morgan fingerprint density at radius 2 is 1.11 bits per heavy atom. The average Bonchev–Trinajstić information content (AvgIpc) is 2.68. The highest BCUT2D eigenvalue weighted by molar-refractivity contribution is 5.29. The number of benzene rings is 3. The first-order chi connectivity index (χ1) is 12.9. The molecular formula is C27H32. The lowest BCUT2D eigenvalue weighted by molar-refractivity contribution is 0.234. The summed E-state index contributed by atoms with van der Waals surface area (Å²) in [5.74, 6) is 0.481. The molecule has 0 aliphatic rings. The molecule has 0 spiro atoms. The SMILES string of the molecule is CC(C)(CC(c1ccccc1)C(C)(C)Cc1ccccc1)c1ccccc1. The van der Waals surface area contributed by atoms with Gasteiger partial charge in [-0.15, -0.1) is 0 Å². The Kier molecular flexibility index (Phi) is 5.85. The summed E-state index contributed by atoms with van der Waals surface area (Å²) in [5.41, 5.74) is 4.56. The fourth-order valence-corrected chi connectivity index (χ4v) is 4.29. The second-order valence-electron chi connectivity index (χ2n) is 9.07. The molecule has 0 N–H and O–H groups in total. The summed E-state index contributed by atoms with van der Waals surface area (Å²) in [6.07, 6.45) is 2.21. The average molecular weight is 357 g/mol. The summed E-state index contributed by atoms with van der Waals surface area (Å²) >= 11 is 0. The van der Waals surface area contributed by atoms with Crippen LogP contribution >= 0.6 is 0 Å². The normalized spacial score (nSPS) is 13.3. The molecular weight excluding hydrogens is 324 g/mol. The van der Waals surface area contributed by atoms with Crippen molar-refractivity contribution < 1.29 is 0 Å². The maximum atomic E-state index is 2.43. The molecule has 0 radical (unpaired) electrons. The molecule has 0 heterocycles. The van der Waals surface area contributed by atoms with Crippen LogP contribution < -0.4 is 0 Å². The zero-order valence-corrected chi connectivity index (χ0v) is 17.2. The zero-order valence-electron chi connectivity index (χ0n) is 17.2. The van der Waals surface area contributed by atoms with Gasteiger partial charge in [0, 0.05) is 0 Å². The monoisotopic (exact) mass is 356 g/mol. The van der Waals surface area contributed by atoms with Crippen molar-refractivity contribution in [3.05, 3.63) is 108 Å². The molecule has 0 saturated heterocycles. The van der Waals surface area contributed by atoms with Crippen molar-refractivity contribution in [1.82, 2.24) is 0 Å². The van der Waals surface area contributed by atoms with Gasteiger partial charge in [0.2, 0.25) is 0 Å². The summed E-state index contributed by atoms with van der Waals surface area (Å²) < 4.78 is 0. The van der Waals surface area contributed by atoms with Crippen molar-refractivity contribution in [2.24, 2.45) is 5.41 Å². The topological polar surface area (TPSA) is 0 Å². The van der Waals surface area contributed by atoms with Crippen LogP contribution in [-0.2, 0) is 11.8 Å². The number of hydrogen-bond donors (Lipinski definition) is 0. The van der Waals surface area contributed by atoms with Gasteiger partial charge in [0.1, 0.15) is 0 Å². The summed E-state index contributed by atoms with van der Waals surface area (Å²) in [4.78, 5) is 0. The van der Waals surface area contributed by atoms with Gasteiger partial charge in [-0.05, 0) is 46.3 Å². The molecule has 0 amide bonds. The standard InChI is InChI=1S/C27H32/c1-26(2,24-18-12-7-13-19-24)21-25(23-16-10-6-11-17-23)27(3,4)20-22-14-8-5-9-15-22/h5-19,25H,20-21H2,1-4H3. The first-order valence-corrected chi connectivity index (χ1v) is 10.0. The highest BCUT2D eigenvalue weighted by Gasteiger charge is 2.36. The first kappa shape index (κ1) is 19.4. The molecule has 0 aliphatic carbocycles. The Morgan fingerprint density at radius 3 is 1.67 bits per heavy atom. The van der Waals surface area contributed by atoms with E-state index in [1.807, 2.05) is 0 Å². The lowest BCUT2D eigenvalue weighted by Gasteiger charge is -2.40. The van der Waals surface area contributed by atoms with Crippen LogP contribution in [0.15, 0.2) is 91.0 Å². The summed E-state index contributed by atoms with van der Waals surface area (Å²) in [5, 5.41) is 0. The Hall–Kier alpha value is -2.34. The molecule has 0 aromatic heterocycles. The third-order valence-corrected chi connectivity index (χ3v) is 5.92. The lowest BCUT2D eigenvalue weighted by atomic mass is 9.64. The van der Waals surface area contributed by atoms with Gasteiger partial charge < -0.3 is 0 Å². The van der Waals surface area contributed by atoms with E-state index < -0.39 is 0 Å². The van der Waals surface area contributed by atoms with Gasteiger partial charge >= 0.3 is 0 Å². The molecule has 0 aliphatic heterocycles. The van der Waals surface area contributed by atoms with E-state index in [0.29, 0.717) is 5.92 Å². The minimum absolute atomic E-state index is 0.121. The van der Waals surface area contributed by atoms with Crippen molar-refractivity contribution in [3.8, 4) is 0 Å². The Morgan fingerprint density at radius 1 is 0.630 bits per heavy atom. The molecule has 1 unspecified atom stereocenters.